The van der Waals surface area contributed by atoms with Crippen LogP contribution in [0.15, 0.2) is 29.2 Å². The summed E-state index contributed by atoms with van der Waals surface area (Å²) in [5.41, 5.74) is 1.05. The van der Waals surface area contributed by atoms with Crippen molar-refractivity contribution in [2.75, 3.05) is 25.6 Å². The zero-order chi connectivity index (χ0) is 20.3. The fraction of sp³-hybridized carbons (Fsp3) is 0.353. The van der Waals surface area contributed by atoms with Crippen LogP contribution >= 0.6 is 11.3 Å². The third-order valence-electron chi connectivity index (χ3n) is 4.09. The number of rotatable bonds is 5. The van der Waals surface area contributed by atoms with Crippen molar-refractivity contribution >= 4 is 38.6 Å². The number of thiazole rings is 1. The molecule has 0 unspecified atom stereocenters. The molecule has 28 heavy (non-hydrogen) atoms. The summed E-state index contributed by atoms with van der Waals surface area (Å²) in [6.07, 6.45) is -0.153. The number of methoxy groups -OCH3 is 1. The van der Waals surface area contributed by atoms with Crippen molar-refractivity contribution < 1.29 is 27.5 Å². The average molecular weight is 425 g/mol. The molecule has 3 rings (SSSR count). The van der Waals surface area contributed by atoms with Crippen LogP contribution in [0.1, 0.15) is 27.9 Å². The highest BCUT2D eigenvalue weighted by atomic mass is 32.2. The van der Waals surface area contributed by atoms with Crippen LogP contribution in [0.5, 0.6) is 0 Å². The molecule has 1 aromatic carbocycles. The van der Waals surface area contributed by atoms with Crippen molar-refractivity contribution in [3.8, 4) is 0 Å². The van der Waals surface area contributed by atoms with Gasteiger partial charge >= 0.3 is 12.1 Å². The van der Waals surface area contributed by atoms with E-state index in [0.717, 1.165) is 10.6 Å². The molecule has 0 spiro atoms. The first-order valence-electron chi connectivity index (χ1n) is 8.46. The van der Waals surface area contributed by atoms with E-state index in [1.165, 1.54) is 47.0 Å². The number of ether oxygens (including phenoxy) is 2. The number of anilines is 1. The molecule has 0 saturated heterocycles. The molecule has 1 aliphatic heterocycles. The lowest BCUT2D eigenvalue weighted by Crippen LogP contribution is -2.35. The fourth-order valence-electron chi connectivity index (χ4n) is 2.72. The minimum absolute atomic E-state index is 0.0954. The van der Waals surface area contributed by atoms with E-state index in [2.05, 4.69) is 15.0 Å². The van der Waals surface area contributed by atoms with Crippen molar-refractivity contribution in [1.82, 2.24) is 9.29 Å². The lowest BCUT2D eigenvalue weighted by Gasteiger charge is -2.25. The second kappa shape index (κ2) is 8.25. The number of aromatic nitrogens is 1. The number of amides is 1. The van der Waals surface area contributed by atoms with E-state index >= 15 is 0 Å². The van der Waals surface area contributed by atoms with Crippen LogP contribution in [-0.2, 0) is 32.5 Å². The summed E-state index contributed by atoms with van der Waals surface area (Å²) in [7, 11) is -2.47. The van der Waals surface area contributed by atoms with Crippen molar-refractivity contribution in [3.05, 3.63) is 40.4 Å². The van der Waals surface area contributed by atoms with E-state index in [9.17, 15) is 18.0 Å². The van der Waals surface area contributed by atoms with Crippen LogP contribution in [0.3, 0.4) is 0 Å². The van der Waals surface area contributed by atoms with Crippen molar-refractivity contribution in [3.63, 3.8) is 0 Å². The Bertz CT molecular complexity index is 985. The minimum atomic E-state index is -3.73. The van der Waals surface area contributed by atoms with Gasteiger partial charge in [-0.1, -0.05) is 11.3 Å². The molecule has 0 fully saturated rings. The smallest absolute Gasteiger partial charge is 0.413 e. The Balaban J connectivity index is 1.76. The van der Waals surface area contributed by atoms with Gasteiger partial charge in [-0.3, -0.25) is 5.32 Å². The summed E-state index contributed by atoms with van der Waals surface area (Å²) in [4.78, 5) is 28.2. The van der Waals surface area contributed by atoms with Crippen LogP contribution in [0, 0.1) is 0 Å². The molecule has 2 aromatic rings. The Labute approximate surface area is 166 Å². The number of nitrogens with one attached hydrogen (secondary N) is 1. The molecule has 1 amide bonds. The monoisotopic (exact) mass is 425 g/mol. The standard InChI is InChI=1S/C17H19N3O6S2/c1-3-26-17(22)19-16-18-13-8-9-20(10-14(13)27-16)28(23,24)12-6-4-11(5-7-12)15(21)25-2/h4-7H,3,8-10H2,1-2H3,(H,18,19,22). The molecule has 0 bridgehead atoms. The summed E-state index contributed by atoms with van der Waals surface area (Å²) >= 11 is 1.22. The zero-order valence-corrected chi connectivity index (χ0v) is 16.9. The second-order valence-electron chi connectivity index (χ2n) is 5.84. The molecular weight excluding hydrogens is 406 g/mol. The van der Waals surface area contributed by atoms with Crippen LogP contribution in [-0.4, -0.2) is 50.0 Å². The quantitative estimate of drug-likeness (QED) is 0.731. The number of hydrogen-bond donors (Lipinski definition) is 1. The Hall–Kier alpha value is -2.50. The van der Waals surface area contributed by atoms with E-state index in [4.69, 9.17) is 4.74 Å². The molecule has 1 N–H and O–H groups in total. The Morgan fingerprint density at radius 1 is 1.29 bits per heavy atom. The normalized spacial score (nSPS) is 14.2. The molecule has 2 heterocycles. The predicted octanol–water partition coefficient (Wildman–Crippen LogP) is 2.25. The highest BCUT2D eigenvalue weighted by molar-refractivity contribution is 7.89. The van der Waals surface area contributed by atoms with E-state index < -0.39 is 22.1 Å². The molecule has 0 atom stereocenters. The van der Waals surface area contributed by atoms with Crippen LogP contribution in [0.25, 0.3) is 0 Å². The molecule has 11 heteroatoms. The van der Waals surface area contributed by atoms with Gasteiger partial charge in [0, 0.05) is 17.8 Å². The van der Waals surface area contributed by atoms with E-state index in [1.54, 1.807) is 6.92 Å². The van der Waals surface area contributed by atoms with Crippen molar-refractivity contribution in [2.45, 2.75) is 24.8 Å². The van der Waals surface area contributed by atoms with Gasteiger partial charge in [-0.15, -0.1) is 0 Å². The molecule has 0 saturated carbocycles. The lowest BCUT2D eigenvalue weighted by atomic mass is 10.2. The van der Waals surface area contributed by atoms with E-state index in [0.29, 0.717) is 11.6 Å². The van der Waals surface area contributed by atoms with E-state index in [1.807, 2.05) is 0 Å². The van der Waals surface area contributed by atoms with Gasteiger partial charge in [0.1, 0.15) is 0 Å². The Morgan fingerprint density at radius 3 is 2.64 bits per heavy atom. The maximum absolute atomic E-state index is 12.9. The number of esters is 1. The summed E-state index contributed by atoms with van der Waals surface area (Å²) in [5.74, 6) is -0.530. The number of nitrogens with zero attached hydrogens (tertiary/aromatic N) is 2. The molecule has 150 valence electrons. The van der Waals surface area contributed by atoms with Gasteiger partial charge < -0.3 is 9.47 Å². The molecule has 1 aromatic heterocycles. The lowest BCUT2D eigenvalue weighted by molar-refractivity contribution is 0.0600. The molecule has 0 radical (unpaired) electrons. The van der Waals surface area contributed by atoms with E-state index in [-0.39, 0.29) is 30.2 Å². The number of carbonyl (C=O) groups is 2. The van der Waals surface area contributed by atoms with Gasteiger partial charge in [0.25, 0.3) is 0 Å². The number of fused-ring (bicyclic) bond motifs is 1. The average Bonchev–Trinajstić information content (AvgIpc) is 3.08. The maximum atomic E-state index is 12.9. The highest BCUT2D eigenvalue weighted by Gasteiger charge is 2.30. The van der Waals surface area contributed by atoms with Gasteiger partial charge in [0.2, 0.25) is 10.0 Å². The molecule has 1 aliphatic rings. The van der Waals surface area contributed by atoms with Gasteiger partial charge in [-0.2, -0.15) is 4.31 Å². The first-order valence-corrected chi connectivity index (χ1v) is 10.7. The minimum Gasteiger partial charge on any atom is -0.465 e. The number of hydrogen-bond acceptors (Lipinski definition) is 8. The van der Waals surface area contributed by atoms with Gasteiger partial charge in [0.05, 0.1) is 36.4 Å². The Kier molecular flexibility index (Phi) is 5.96. The van der Waals surface area contributed by atoms with Crippen molar-refractivity contribution in [2.24, 2.45) is 0 Å². The first-order chi connectivity index (χ1) is 13.3. The summed E-state index contributed by atoms with van der Waals surface area (Å²) in [6.45, 7) is 2.39. The highest BCUT2D eigenvalue weighted by Crippen LogP contribution is 2.31. The third kappa shape index (κ3) is 4.16. The third-order valence-corrected chi connectivity index (χ3v) is 6.95. The number of carbonyl (C=O) groups excluding carboxylic acids is 2. The summed E-state index contributed by atoms with van der Waals surface area (Å²) in [5, 5.41) is 2.92. The second-order valence-corrected chi connectivity index (χ2v) is 8.86. The van der Waals surface area contributed by atoms with Crippen molar-refractivity contribution in [1.29, 1.82) is 0 Å². The van der Waals surface area contributed by atoms with Crippen LogP contribution in [0.2, 0.25) is 0 Å². The molecular formula is C17H19N3O6S2. The fourth-order valence-corrected chi connectivity index (χ4v) is 5.22. The summed E-state index contributed by atoms with van der Waals surface area (Å²) in [6, 6.07) is 5.61. The van der Waals surface area contributed by atoms with Gasteiger partial charge in [-0.05, 0) is 31.2 Å². The van der Waals surface area contributed by atoms with Gasteiger partial charge in [0.15, 0.2) is 5.13 Å². The predicted molar refractivity (Wildman–Crippen MR) is 102 cm³/mol. The largest absolute Gasteiger partial charge is 0.465 e. The number of benzene rings is 1. The van der Waals surface area contributed by atoms with Gasteiger partial charge in [-0.25, -0.2) is 23.0 Å². The maximum Gasteiger partial charge on any atom is 0.413 e. The SMILES string of the molecule is CCOC(=O)Nc1nc2c(s1)CN(S(=O)(=O)c1ccc(C(=O)OC)cc1)CC2. The van der Waals surface area contributed by atoms with Crippen LogP contribution < -0.4 is 5.32 Å². The number of sulfonamides is 1. The molecule has 0 aliphatic carbocycles. The van der Waals surface area contributed by atoms with Crippen LogP contribution in [0.4, 0.5) is 9.93 Å². The molecule has 9 nitrogen and oxygen atoms in total. The topological polar surface area (TPSA) is 115 Å². The first kappa shape index (κ1) is 20.2. The zero-order valence-electron chi connectivity index (χ0n) is 15.3. The Morgan fingerprint density at radius 2 is 2.00 bits per heavy atom. The summed E-state index contributed by atoms with van der Waals surface area (Å²) < 4.78 is 36.6.